The zero-order valence-corrected chi connectivity index (χ0v) is 13.7. The van der Waals surface area contributed by atoms with E-state index in [-0.39, 0.29) is 11.6 Å². The van der Waals surface area contributed by atoms with Crippen LogP contribution in [0, 0.1) is 0 Å². The van der Waals surface area contributed by atoms with Crippen molar-refractivity contribution in [1.29, 1.82) is 0 Å². The second kappa shape index (κ2) is 6.52. The minimum Gasteiger partial charge on any atom is -0.478 e. The number of carboxylic acids is 1. The van der Waals surface area contributed by atoms with Crippen LogP contribution in [-0.2, 0) is 4.74 Å². The van der Waals surface area contributed by atoms with Gasteiger partial charge in [0.2, 0.25) is 5.95 Å². The molecule has 1 aliphatic rings. The average molecular weight is 330 g/mol. The molecule has 0 amide bonds. The van der Waals surface area contributed by atoms with E-state index in [2.05, 4.69) is 16.5 Å². The average Bonchev–Trinajstić information content (AvgIpc) is 2.88. The molecule has 1 aromatic carbocycles. The van der Waals surface area contributed by atoms with Gasteiger partial charge < -0.3 is 25.0 Å². The number of allylic oxidation sites excluding steroid dienone is 1. The van der Waals surface area contributed by atoms with Crippen molar-refractivity contribution in [3.8, 4) is 0 Å². The smallest absolute Gasteiger partial charge is 0.335 e. The summed E-state index contributed by atoms with van der Waals surface area (Å²) >= 11 is 0. The molecule has 1 aromatic heterocycles. The fourth-order valence-corrected chi connectivity index (χ4v) is 3.38. The Labute approximate surface area is 140 Å². The van der Waals surface area contributed by atoms with Gasteiger partial charge in [-0.1, -0.05) is 6.08 Å². The van der Waals surface area contributed by atoms with Gasteiger partial charge in [0, 0.05) is 26.8 Å². The fourth-order valence-electron chi connectivity index (χ4n) is 3.38. The van der Waals surface area contributed by atoms with Crippen LogP contribution in [0.5, 0.6) is 0 Å². The van der Waals surface area contributed by atoms with Crippen molar-refractivity contribution < 1.29 is 14.6 Å². The van der Waals surface area contributed by atoms with Crippen LogP contribution in [-0.4, -0.2) is 47.4 Å². The largest absolute Gasteiger partial charge is 0.478 e. The summed E-state index contributed by atoms with van der Waals surface area (Å²) < 4.78 is 7.15. The van der Waals surface area contributed by atoms with E-state index in [1.165, 1.54) is 0 Å². The number of nitrogen functional groups attached to an aromatic ring is 1. The zero-order chi connectivity index (χ0) is 17.3. The first-order valence-corrected chi connectivity index (χ1v) is 7.96. The summed E-state index contributed by atoms with van der Waals surface area (Å²) in [4.78, 5) is 18.0. The highest BCUT2D eigenvalue weighted by molar-refractivity contribution is 6.00. The quantitative estimate of drug-likeness (QED) is 0.597. The van der Waals surface area contributed by atoms with Gasteiger partial charge in [-0.25, -0.2) is 9.78 Å². The first-order valence-electron chi connectivity index (χ1n) is 7.96. The second-order valence-corrected chi connectivity index (χ2v) is 5.98. The van der Waals surface area contributed by atoms with E-state index in [1.807, 2.05) is 10.6 Å². The SMILES string of the molecule is C=CC[C@H]1CN(CCCOC)c2cc(C(=O)O)cc3nc(N)n1c23. The lowest BCUT2D eigenvalue weighted by Crippen LogP contribution is -2.36. The van der Waals surface area contributed by atoms with Crippen LogP contribution in [0.1, 0.15) is 29.2 Å². The highest BCUT2D eigenvalue weighted by atomic mass is 16.5. The van der Waals surface area contributed by atoms with E-state index >= 15 is 0 Å². The molecule has 3 N–H and O–H groups in total. The van der Waals surface area contributed by atoms with Crippen LogP contribution in [0.4, 0.5) is 11.6 Å². The Balaban J connectivity index is 2.14. The summed E-state index contributed by atoms with van der Waals surface area (Å²) in [5, 5.41) is 9.38. The molecule has 0 saturated heterocycles. The highest BCUT2D eigenvalue weighted by Gasteiger charge is 2.29. The van der Waals surface area contributed by atoms with Gasteiger partial charge in [-0.05, 0) is 25.0 Å². The van der Waals surface area contributed by atoms with Gasteiger partial charge in [-0.3, -0.25) is 0 Å². The number of anilines is 2. The van der Waals surface area contributed by atoms with Crippen molar-refractivity contribution in [2.45, 2.75) is 18.9 Å². The Bertz CT molecular complexity index is 784. The fraction of sp³-hybridized carbons (Fsp3) is 0.412. The van der Waals surface area contributed by atoms with Crippen LogP contribution in [0.25, 0.3) is 11.0 Å². The van der Waals surface area contributed by atoms with Gasteiger partial charge in [0.15, 0.2) is 0 Å². The molecule has 2 aromatic rings. The number of imidazole rings is 1. The molecule has 2 heterocycles. The molecule has 0 unspecified atom stereocenters. The number of nitrogens with zero attached hydrogens (tertiary/aromatic N) is 3. The summed E-state index contributed by atoms with van der Waals surface area (Å²) in [5.41, 5.74) is 8.72. The number of ether oxygens (including phenoxy) is 1. The Hall–Kier alpha value is -2.54. The Morgan fingerprint density at radius 3 is 3.04 bits per heavy atom. The van der Waals surface area contributed by atoms with Crippen molar-refractivity contribution in [3.63, 3.8) is 0 Å². The molecule has 0 aliphatic carbocycles. The molecule has 0 spiro atoms. The van der Waals surface area contributed by atoms with Crippen molar-refractivity contribution in [2.24, 2.45) is 0 Å². The van der Waals surface area contributed by atoms with Gasteiger partial charge in [0.1, 0.15) is 0 Å². The molecule has 24 heavy (non-hydrogen) atoms. The predicted molar refractivity (Wildman–Crippen MR) is 93.7 cm³/mol. The van der Waals surface area contributed by atoms with Crippen molar-refractivity contribution in [1.82, 2.24) is 9.55 Å². The number of aromatic nitrogens is 2. The summed E-state index contributed by atoms with van der Waals surface area (Å²) in [5.74, 6) is -0.552. The van der Waals surface area contributed by atoms with E-state index in [0.29, 0.717) is 18.1 Å². The maximum atomic E-state index is 11.4. The monoisotopic (exact) mass is 330 g/mol. The second-order valence-electron chi connectivity index (χ2n) is 5.98. The molecule has 3 rings (SSSR count). The van der Waals surface area contributed by atoms with Gasteiger partial charge in [0.05, 0.1) is 28.3 Å². The number of aromatic carboxylic acids is 1. The van der Waals surface area contributed by atoms with Crippen molar-refractivity contribution in [2.75, 3.05) is 37.4 Å². The highest BCUT2D eigenvalue weighted by Crippen LogP contribution is 2.38. The summed E-state index contributed by atoms with van der Waals surface area (Å²) in [6, 6.07) is 3.43. The van der Waals surface area contributed by atoms with E-state index in [4.69, 9.17) is 10.5 Å². The number of hydrogen-bond acceptors (Lipinski definition) is 5. The normalized spacial score (nSPS) is 16.5. The third-order valence-electron chi connectivity index (χ3n) is 4.39. The van der Waals surface area contributed by atoms with Crippen LogP contribution in [0.15, 0.2) is 24.8 Å². The zero-order valence-electron chi connectivity index (χ0n) is 13.7. The Morgan fingerprint density at radius 1 is 1.58 bits per heavy atom. The third kappa shape index (κ3) is 2.71. The van der Waals surface area contributed by atoms with E-state index in [0.717, 1.165) is 37.1 Å². The van der Waals surface area contributed by atoms with Gasteiger partial charge in [-0.2, -0.15) is 0 Å². The Kier molecular flexibility index (Phi) is 4.44. The number of hydrogen-bond donors (Lipinski definition) is 2. The minimum absolute atomic E-state index is 0.137. The molecule has 0 bridgehead atoms. The standard InChI is InChI=1S/C17H22N4O3/c1-3-5-12-10-20(6-4-7-24-2)14-9-11(16(22)23)8-13-15(14)21(12)17(18)19-13/h3,8-9,12H,1,4-7,10H2,2H3,(H2,18,19)(H,22,23)/t12-/m0/s1. The lowest BCUT2D eigenvalue weighted by molar-refractivity contribution is 0.0697. The molecule has 0 radical (unpaired) electrons. The minimum atomic E-state index is -0.966. The maximum absolute atomic E-state index is 11.4. The molecular formula is C17H22N4O3. The number of methoxy groups -OCH3 is 1. The number of nitrogens with two attached hydrogens (primary N) is 1. The molecule has 1 aliphatic heterocycles. The molecule has 1 atom stereocenters. The number of carbonyl (C=O) groups is 1. The topological polar surface area (TPSA) is 93.6 Å². The Morgan fingerprint density at radius 2 is 2.38 bits per heavy atom. The maximum Gasteiger partial charge on any atom is 0.335 e. The lowest BCUT2D eigenvalue weighted by atomic mass is 10.1. The number of benzene rings is 1. The third-order valence-corrected chi connectivity index (χ3v) is 4.39. The predicted octanol–water partition coefficient (Wildman–Crippen LogP) is 2.29. The van der Waals surface area contributed by atoms with Gasteiger partial charge in [-0.15, -0.1) is 6.58 Å². The summed E-state index contributed by atoms with van der Waals surface area (Å²) in [7, 11) is 1.68. The molecule has 0 saturated carbocycles. The van der Waals surface area contributed by atoms with E-state index in [9.17, 15) is 9.90 Å². The first-order chi connectivity index (χ1) is 11.6. The molecule has 7 heteroatoms. The molecular weight excluding hydrogens is 308 g/mol. The first kappa shape index (κ1) is 16.3. The number of carboxylic acid groups (broad SMARTS) is 1. The van der Waals surface area contributed by atoms with Crippen LogP contribution < -0.4 is 10.6 Å². The van der Waals surface area contributed by atoms with Crippen LogP contribution in [0.2, 0.25) is 0 Å². The van der Waals surface area contributed by atoms with Crippen LogP contribution in [0.3, 0.4) is 0 Å². The lowest BCUT2D eigenvalue weighted by Gasteiger charge is -2.36. The van der Waals surface area contributed by atoms with Gasteiger partial charge >= 0.3 is 5.97 Å². The van der Waals surface area contributed by atoms with Gasteiger partial charge in [0.25, 0.3) is 0 Å². The van der Waals surface area contributed by atoms with Crippen molar-refractivity contribution >= 4 is 28.6 Å². The number of rotatable bonds is 7. The molecule has 128 valence electrons. The van der Waals surface area contributed by atoms with Crippen molar-refractivity contribution in [3.05, 3.63) is 30.4 Å². The van der Waals surface area contributed by atoms with E-state index < -0.39 is 5.97 Å². The summed E-state index contributed by atoms with van der Waals surface area (Å²) in [6.07, 6.45) is 3.51. The molecule has 0 fully saturated rings. The molecule has 7 nitrogen and oxygen atoms in total. The van der Waals surface area contributed by atoms with E-state index in [1.54, 1.807) is 19.2 Å². The van der Waals surface area contributed by atoms with Crippen LogP contribution >= 0.6 is 0 Å². The summed E-state index contributed by atoms with van der Waals surface area (Å²) in [6.45, 7) is 6.01.